The lowest BCUT2D eigenvalue weighted by molar-refractivity contribution is -0.144. The van der Waals surface area contributed by atoms with Crippen LogP contribution in [0, 0.1) is 40.9 Å². The molecule has 4 aliphatic carbocycles. The number of oxime groups is 1. The van der Waals surface area contributed by atoms with Crippen molar-refractivity contribution in [2.75, 3.05) is 6.61 Å². The number of nitrogens with two attached hydrogens (primary N) is 1. The predicted molar refractivity (Wildman–Crippen MR) is 132 cm³/mol. The number of fused-ring (bicyclic) bond motifs is 5. The molecule has 3 fully saturated rings. The smallest absolute Gasteiger partial charge is 0.326 e. The summed E-state index contributed by atoms with van der Waals surface area (Å²) in [5.41, 5.74) is 6.01. The summed E-state index contributed by atoms with van der Waals surface area (Å²) in [5, 5.41) is 26.6. The third kappa shape index (κ3) is 4.40. The minimum atomic E-state index is -1.40. The van der Waals surface area contributed by atoms with E-state index >= 15 is 0 Å². The van der Waals surface area contributed by atoms with E-state index in [1.165, 1.54) is 5.57 Å². The second-order valence-corrected chi connectivity index (χ2v) is 11.5. The molecule has 0 heterocycles. The molecule has 9 nitrogen and oxygen atoms in total. The zero-order valence-corrected chi connectivity index (χ0v) is 21.1. The number of allylic oxidation sites excluding steroid dienone is 2. The topological polar surface area (TPSA) is 151 Å². The van der Waals surface area contributed by atoms with Crippen LogP contribution in [0.1, 0.15) is 71.6 Å². The molecule has 9 heteroatoms. The number of carbonyl (C=O) groups excluding carboxylic acids is 2. The Morgan fingerprint density at radius 2 is 1.94 bits per heavy atom. The minimum absolute atomic E-state index is 0.0704. The molecular weight excluding hydrogens is 462 g/mol. The first-order chi connectivity index (χ1) is 16.9. The first kappa shape index (κ1) is 26.2. The number of nitrogens with one attached hydrogen (secondary N) is 1. The number of amides is 2. The molecule has 5 N–H and O–H groups in total. The first-order valence-corrected chi connectivity index (χ1v) is 12.8. The summed E-state index contributed by atoms with van der Waals surface area (Å²) in [6, 6.07) is -1.40. The van der Waals surface area contributed by atoms with Crippen molar-refractivity contribution in [2.24, 2.45) is 39.5 Å². The highest BCUT2D eigenvalue weighted by molar-refractivity contribution is 5.96. The molecule has 2 amide bonds. The van der Waals surface area contributed by atoms with E-state index in [2.05, 4.69) is 36.3 Å². The van der Waals surface area contributed by atoms with E-state index in [0.717, 1.165) is 50.7 Å². The van der Waals surface area contributed by atoms with E-state index in [1.807, 2.05) is 0 Å². The molecule has 4 aliphatic rings. The van der Waals surface area contributed by atoms with Crippen LogP contribution in [-0.4, -0.2) is 52.0 Å². The SMILES string of the molecule is C#C[C@@]1(O)CC[C@@H]2[C@@H]3CCC4=C/C(=N\OCC(=O)N[C@@H](CC(N)=O)C(=O)O)CC[C@]4(C)[C@H]3CC[C@@]21C. The van der Waals surface area contributed by atoms with Crippen LogP contribution in [0.15, 0.2) is 16.8 Å². The van der Waals surface area contributed by atoms with Crippen molar-refractivity contribution >= 4 is 23.5 Å². The highest BCUT2D eigenvalue weighted by Gasteiger charge is 2.63. The summed E-state index contributed by atoms with van der Waals surface area (Å²) in [6.45, 7) is 4.10. The molecule has 0 radical (unpaired) electrons. The molecule has 0 saturated heterocycles. The molecule has 0 aromatic carbocycles. The zero-order chi connectivity index (χ0) is 26.3. The Bertz CT molecular complexity index is 1050. The largest absolute Gasteiger partial charge is 0.480 e. The van der Waals surface area contributed by atoms with Crippen LogP contribution >= 0.6 is 0 Å². The summed E-state index contributed by atoms with van der Waals surface area (Å²) >= 11 is 0. The van der Waals surface area contributed by atoms with E-state index in [-0.39, 0.29) is 10.8 Å². The van der Waals surface area contributed by atoms with E-state index in [9.17, 15) is 19.5 Å². The summed E-state index contributed by atoms with van der Waals surface area (Å²) in [4.78, 5) is 39.4. The fraction of sp³-hybridized carbons (Fsp3) is 0.704. The van der Waals surface area contributed by atoms with Crippen LogP contribution in [0.2, 0.25) is 0 Å². The van der Waals surface area contributed by atoms with Gasteiger partial charge in [-0.25, -0.2) is 4.79 Å². The molecule has 0 unspecified atom stereocenters. The molecule has 0 aromatic heterocycles. The molecule has 7 atom stereocenters. The van der Waals surface area contributed by atoms with Gasteiger partial charge in [-0.1, -0.05) is 30.5 Å². The maximum Gasteiger partial charge on any atom is 0.326 e. The Kier molecular flexibility index (Phi) is 6.95. The maximum atomic E-state index is 12.0. The predicted octanol–water partition coefficient (Wildman–Crippen LogP) is 2.13. The van der Waals surface area contributed by atoms with Crippen LogP contribution in [0.3, 0.4) is 0 Å². The van der Waals surface area contributed by atoms with Crippen LogP contribution in [0.5, 0.6) is 0 Å². The number of hydrogen-bond acceptors (Lipinski definition) is 6. The molecule has 0 aromatic rings. The highest BCUT2D eigenvalue weighted by Crippen LogP contribution is 2.67. The number of hydrogen-bond donors (Lipinski definition) is 4. The molecule has 0 spiro atoms. The van der Waals surface area contributed by atoms with E-state index < -0.39 is 42.5 Å². The Morgan fingerprint density at radius 3 is 2.61 bits per heavy atom. The van der Waals surface area contributed by atoms with Crippen molar-refractivity contribution in [3.63, 3.8) is 0 Å². The maximum absolute atomic E-state index is 12.0. The molecule has 36 heavy (non-hydrogen) atoms. The second kappa shape index (κ2) is 9.55. The van der Waals surface area contributed by atoms with Gasteiger partial charge in [0.2, 0.25) is 5.91 Å². The summed E-state index contributed by atoms with van der Waals surface area (Å²) in [7, 11) is 0. The molecule has 196 valence electrons. The average Bonchev–Trinajstić information content (AvgIpc) is 3.09. The van der Waals surface area contributed by atoms with Gasteiger partial charge < -0.3 is 26.1 Å². The van der Waals surface area contributed by atoms with Gasteiger partial charge in [-0.3, -0.25) is 9.59 Å². The van der Waals surface area contributed by atoms with Gasteiger partial charge in [0.15, 0.2) is 6.61 Å². The molecular formula is C27H37N3O6. The highest BCUT2D eigenvalue weighted by atomic mass is 16.6. The lowest BCUT2D eigenvalue weighted by Gasteiger charge is -2.58. The Balaban J connectivity index is 1.40. The number of carboxylic acid groups (broad SMARTS) is 1. The number of aliphatic hydroxyl groups is 1. The van der Waals surface area contributed by atoms with Crippen LogP contribution in [-0.2, 0) is 19.2 Å². The molecule has 0 aliphatic heterocycles. The van der Waals surface area contributed by atoms with Crippen molar-refractivity contribution in [3.8, 4) is 12.3 Å². The van der Waals surface area contributed by atoms with E-state index in [4.69, 9.17) is 22.1 Å². The lowest BCUT2D eigenvalue weighted by Crippen LogP contribution is -2.54. The zero-order valence-electron chi connectivity index (χ0n) is 21.1. The Labute approximate surface area is 211 Å². The summed E-state index contributed by atoms with van der Waals surface area (Å²) < 4.78 is 0. The van der Waals surface area contributed by atoms with Crippen LogP contribution < -0.4 is 11.1 Å². The molecule has 3 saturated carbocycles. The lowest BCUT2D eigenvalue weighted by atomic mass is 9.46. The Morgan fingerprint density at radius 1 is 1.22 bits per heavy atom. The van der Waals surface area contributed by atoms with Gasteiger partial charge in [0.1, 0.15) is 11.6 Å². The van der Waals surface area contributed by atoms with Gasteiger partial charge in [0.05, 0.1) is 12.1 Å². The first-order valence-electron chi connectivity index (χ1n) is 12.8. The quantitative estimate of drug-likeness (QED) is 0.311. The fourth-order valence-electron chi connectivity index (χ4n) is 7.71. The normalized spacial score (nSPS) is 39.0. The number of carbonyl (C=O) groups is 3. The van der Waals surface area contributed by atoms with Gasteiger partial charge in [-0.2, -0.15) is 0 Å². The summed E-state index contributed by atoms with van der Waals surface area (Å²) in [6.07, 6.45) is 14.7. The number of carboxylic acids is 1. The Hall–Kier alpha value is -2.86. The minimum Gasteiger partial charge on any atom is -0.480 e. The number of aliphatic carboxylic acids is 1. The van der Waals surface area contributed by atoms with Crippen molar-refractivity contribution in [1.29, 1.82) is 0 Å². The monoisotopic (exact) mass is 499 g/mol. The molecule has 4 rings (SSSR count). The van der Waals surface area contributed by atoms with Gasteiger partial charge in [-0.05, 0) is 80.6 Å². The standard InChI is InChI=1S/C27H37N3O6/c1-4-27(35)12-9-20-18-6-5-16-13-17(7-10-25(16,2)19(18)8-11-26(20,27)3)30-36-15-23(32)29-21(24(33)34)14-22(28)31/h1,13,18-21,35H,5-12,14-15H2,2-3H3,(H2,28,31)(H,29,32)(H,33,34)/b30-17-/t18-,19+,20-,21+,25+,26+,27-/m1/s1. The van der Waals surface area contributed by atoms with Crippen LogP contribution in [0.25, 0.3) is 0 Å². The number of terminal acetylenes is 1. The van der Waals surface area contributed by atoms with E-state index in [0.29, 0.717) is 24.2 Å². The van der Waals surface area contributed by atoms with E-state index in [1.54, 1.807) is 0 Å². The van der Waals surface area contributed by atoms with Gasteiger partial charge in [-0.15, -0.1) is 6.42 Å². The van der Waals surface area contributed by atoms with Gasteiger partial charge in [0.25, 0.3) is 5.91 Å². The molecule has 0 bridgehead atoms. The second-order valence-electron chi connectivity index (χ2n) is 11.5. The van der Waals surface area contributed by atoms with Gasteiger partial charge in [0, 0.05) is 5.41 Å². The van der Waals surface area contributed by atoms with Crippen molar-refractivity contribution in [3.05, 3.63) is 11.6 Å². The number of rotatable bonds is 7. The van der Waals surface area contributed by atoms with Crippen molar-refractivity contribution in [1.82, 2.24) is 5.32 Å². The van der Waals surface area contributed by atoms with Crippen molar-refractivity contribution in [2.45, 2.75) is 83.3 Å². The van der Waals surface area contributed by atoms with Crippen LogP contribution in [0.4, 0.5) is 0 Å². The van der Waals surface area contributed by atoms with Gasteiger partial charge >= 0.3 is 5.97 Å². The number of nitrogens with zero attached hydrogens (tertiary/aromatic N) is 1. The van der Waals surface area contributed by atoms with Crippen molar-refractivity contribution < 1.29 is 29.4 Å². The average molecular weight is 500 g/mol. The number of primary amides is 1. The third-order valence-corrected chi connectivity index (χ3v) is 9.78. The third-order valence-electron chi connectivity index (χ3n) is 9.78. The summed E-state index contributed by atoms with van der Waals surface area (Å²) in [5.74, 6) is 1.42. The fourth-order valence-corrected chi connectivity index (χ4v) is 7.71.